The summed E-state index contributed by atoms with van der Waals surface area (Å²) in [4.78, 5) is 24.2. The Labute approximate surface area is 106 Å². The highest BCUT2D eigenvalue weighted by atomic mass is 16.5. The lowest BCUT2D eigenvalue weighted by molar-refractivity contribution is -0.140. The number of methoxy groups -OCH3 is 1. The number of carbonyl (C=O) groups excluding carboxylic acids is 1. The molecule has 5 nitrogen and oxygen atoms in total. The molecule has 0 fully saturated rings. The van der Waals surface area contributed by atoms with Crippen LogP contribution in [0.1, 0.15) is 17.3 Å². The van der Waals surface area contributed by atoms with E-state index in [0.29, 0.717) is 17.8 Å². The van der Waals surface area contributed by atoms with Gasteiger partial charge in [-0.3, -0.25) is 4.79 Å². The lowest BCUT2D eigenvalue weighted by atomic mass is 10.1. The van der Waals surface area contributed by atoms with Gasteiger partial charge in [0.25, 0.3) is 0 Å². The molecule has 0 saturated heterocycles. The Morgan fingerprint density at radius 2 is 2.00 bits per heavy atom. The van der Waals surface area contributed by atoms with Gasteiger partial charge in [-0.15, -0.1) is 0 Å². The van der Waals surface area contributed by atoms with Crippen molar-refractivity contribution in [3.05, 3.63) is 29.8 Å². The smallest absolute Gasteiger partial charge is 0.339 e. The van der Waals surface area contributed by atoms with E-state index >= 15 is 0 Å². The van der Waals surface area contributed by atoms with E-state index in [1.807, 2.05) is 0 Å². The van der Waals surface area contributed by atoms with Crippen molar-refractivity contribution in [1.29, 1.82) is 0 Å². The lowest BCUT2D eigenvalue weighted by Crippen LogP contribution is -2.29. The molecule has 0 amide bonds. The van der Waals surface area contributed by atoms with E-state index in [1.54, 1.807) is 43.1 Å². The number of nitrogens with zero attached hydrogens (tertiary/aromatic N) is 1. The average Bonchev–Trinajstić information content (AvgIpc) is 2.37. The maximum atomic E-state index is 11.6. The van der Waals surface area contributed by atoms with Gasteiger partial charge in [-0.1, -0.05) is 19.1 Å². The zero-order chi connectivity index (χ0) is 13.7. The van der Waals surface area contributed by atoms with E-state index < -0.39 is 17.9 Å². The maximum absolute atomic E-state index is 11.6. The summed E-state index contributed by atoms with van der Waals surface area (Å²) in [6.45, 7) is 1.95. The van der Waals surface area contributed by atoms with Crippen LogP contribution in [0.25, 0.3) is 0 Å². The van der Waals surface area contributed by atoms with E-state index in [-0.39, 0.29) is 0 Å². The van der Waals surface area contributed by atoms with E-state index in [2.05, 4.69) is 0 Å². The highest BCUT2D eigenvalue weighted by molar-refractivity contribution is 5.95. The third kappa shape index (κ3) is 3.23. The predicted molar refractivity (Wildman–Crippen MR) is 67.9 cm³/mol. The number of hydrogen-bond acceptors (Lipinski definition) is 4. The number of hydrogen-bond donors (Lipinski definition) is 1. The molecule has 1 aromatic carbocycles. The average molecular weight is 251 g/mol. The molecule has 18 heavy (non-hydrogen) atoms. The summed E-state index contributed by atoms with van der Waals surface area (Å²) in [6, 6.07) is 6.96. The van der Waals surface area contributed by atoms with E-state index in [1.165, 1.54) is 7.11 Å². The van der Waals surface area contributed by atoms with Crippen molar-refractivity contribution in [2.75, 3.05) is 25.6 Å². The predicted octanol–water partition coefficient (Wildman–Crippen LogP) is 1.63. The molecule has 0 heterocycles. The van der Waals surface area contributed by atoms with Gasteiger partial charge in [0.05, 0.1) is 24.3 Å². The van der Waals surface area contributed by atoms with Gasteiger partial charge in [0.1, 0.15) is 0 Å². The van der Waals surface area contributed by atoms with Crippen LogP contribution in [-0.2, 0) is 9.53 Å². The zero-order valence-electron chi connectivity index (χ0n) is 10.7. The van der Waals surface area contributed by atoms with Gasteiger partial charge in [-0.2, -0.15) is 0 Å². The first-order chi connectivity index (χ1) is 8.47. The van der Waals surface area contributed by atoms with Crippen LogP contribution in [0.3, 0.4) is 0 Å². The number of para-hydroxylation sites is 1. The van der Waals surface area contributed by atoms with E-state index in [4.69, 9.17) is 9.84 Å². The molecular weight excluding hydrogens is 234 g/mol. The summed E-state index contributed by atoms with van der Waals surface area (Å²) in [5, 5.41) is 8.88. The summed E-state index contributed by atoms with van der Waals surface area (Å²) < 4.78 is 4.70. The monoisotopic (exact) mass is 251 g/mol. The quantitative estimate of drug-likeness (QED) is 0.806. The molecule has 0 spiro atoms. The molecule has 0 aliphatic heterocycles. The minimum absolute atomic E-state index is 0.323. The maximum Gasteiger partial charge on any atom is 0.339 e. The van der Waals surface area contributed by atoms with Gasteiger partial charge in [0.15, 0.2) is 0 Å². The molecule has 0 saturated carbocycles. The van der Waals surface area contributed by atoms with Crippen molar-refractivity contribution < 1.29 is 19.4 Å². The molecule has 0 aromatic heterocycles. The number of aliphatic carboxylic acids is 1. The molecule has 1 aromatic rings. The Morgan fingerprint density at radius 1 is 1.39 bits per heavy atom. The molecule has 1 unspecified atom stereocenters. The van der Waals surface area contributed by atoms with Crippen LogP contribution in [0.15, 0.2) is 24.3 Å². The number of benzene rings is 1. The third-order valence-electron chi connectivity index (χ3n) is 2.69. The topological polar surface area (TPSA) is 66.8 Å². The molecule has 0 radical (unpaired) electrons. The summed E-state index contributed by atoms with van der Waals surface area (Å²) >= 11 is 0. The van der Waals surface area contributed by atoms with Gasteiger partial charge < -0.3 is 14.7 Å². The molecule has 1 atom stereocenters. The Hall–Kier alpha value is -2.04. The van der Waals surface area contributed by atoms with Gasteiger partial charge in [0, 0.05) is 13.6 Å². The number of rotatable bonds is 5. The van der Waals surface area contributed by atoms with Gasteiger partial charge >= 0.3 is 11.9 Å². The van der Waals surface area contributed by atoms with Gasteiger partial charge in [-0.05, 0) is 12.1 Å². The number of carboxylic acid groups (broad SMARTS) is 1. The SMILES string of the molecule is COC(=O)c1ccccc1N(C)CC(C)C(=O)O. The number of ether oxygens (including phenoxy) is 1. The van der Waals surface area contributed by atoms with Crippen molar-refractivity contribution >= 4 is 17.6 Å². The van der Waals surface area contributed by atoms with Gasteiger partial charge in [0.2, 0.25) is 0 Å². The highest BCUT2D eigenvalue weighted by Crippen LogP contribution is 2.20. The lowest BCUT2D eigenvalue weighted by Gasteiger charge is -2.23. The molecule has 1 rings (SSSR count). The van der Waals surface area contributed by atoms with E-state index in [0.717, 1.165) is 0 Å². The van der Waals surface area contributed by atoms with Crippen molar-refractivity contribution in [2.45, 2.75) is 6.92 Å². The number of esters is 1. The Morgan fingerprint density at radius 3 is 2.56 bits per heavy atom. The molecule has 5 heteroatoms. The van der Waals surface area contributed by atoms with Crippen molar-refractivity contribution in [2.24, 2.45) is 5.92 Å². The summed E-state index contributed by atoms with van der Waals surface area (Å²) in [5.74, 6) is -1.81. The van der Waals surface area contributed by atoms with Gasteiger partial charge in [-0.25, -0.2) is 4.79 Å². The number of anilines is 1. The van der Waals surface area contributed by atoms with Crippen LogP contribution in [0.4, 0.5) is 5.69 Å². The number of carbonyl (C=O) groups is 2. The second kappa shape index (κ2) is 6.05. The zero-order valence-corrected chi connectivity index (χ0v) is 10.7. The van der Waals surface area contributed by atoms with E-state index in [9.17, 15) is 9.59 Å². The fraction of sp³-hybridized carbons (Fsp3) is 0.385. The van der Waals surface area contributed by atoms with Crippen molar-refractivity contribution in [3.63, 3.8) is 0 Å². The minimum atomic E-state index is -0.864. The first-order valence-corrected chi connectivity index (χ1v) is 5.58. The second-order valence-corrected chi connectivity index (χ2v) is 4.13. The number of carboxylic acids is 1. The molecule has 0 aliphatic carbocycles. The van der Waals surface area contributed by atoms with Crippen LogP contribution in [0.2, 0.25) is 0 Å². The highest BCUT2D eigenvalue weighted by Gasteiger charge is 2.18. The summed E-state index contributed by atoms with van der Waals surface area (Å²) in [6.07, 6.45) is 0. The van der Waals surface area contributed by atoms with Crippen LogP contribution < -0.4 is 4.90 Å². The Kier molecular flexibility index (Phi) is 4.71. The third-order valence-corrected chi connectivity index (χ3v) is 2.69. The van der Waals surface area contributed by atoms with Crippen molar-refractivity contribution in [1.82, 2.24) is 0 Å². The largest absolute Gasteiger partial charge is 0.481 e. The van der Waals surface area contributed by atoms with Crippen molar-refractivity contribution in [3.8, 4) is 0 Å². The Balaban J connectivity index is 2.95. The molecule has 0 bridgehead atoms. The molecule has 1 N–H and O–H groups in total. The van der Waals surface area contributed by atoms with Crippen LogP contribution in [0, 0.1) is 5.92 Å². The normalized spacial score (nSPS) is 11.7. The molecule has 0 aliphatic rings. The Bertz CT molecular complexity index is 444. The molecule has 98 valence electrons. The first-order valence-electron chi connectivity index (χ1n) is 5.58. The summed E-state index contributed by atoms with van der Waals surface area (Å²) in [5.41, 5.74) is 1.09. The first kappa shape index (κ1) is 14.0. The fourth-order valence-electron chi connectivity index (χ4n) is 1.68. The molecular formula is C13H17NO4. The second-order valence-electron chi connectivity index (χ2n) is 4.13. The van der Waals surface area contributed by atoms with Crippen LogP contribution in [0.5, 0.6) is 0 Å². The standard InChI is InChI=1S/C13H17NO4/c1-9(12(15)16)8-14(2)11-7-5-4-6-10(11)13(17)18-3/h4-7,9H,8H2,1-3H3,(H,15,16). The summed E-state index contributed by atoms with van der Waals surface area (Å²) in [7, 11) is 3.07. The van der Waals surface area contributed by atoms with Crippen LogP contribution in [-0.4, -0.2) is 37.7 Å². The van der Waals surface area contributed by atoms with Crippen LogP contribution >= 0.6 is 0 Å². The minimum Gasteiger partial charge on any atom is -0.481 e. The fourth-order valence-corrected chi connectivity index (χ4v) is 1.68.